The van der Waals surface area contributed by atoms with Gasteiger partial charge < -0.3 is 9.64 Å². The van der Waals surface area contributed by atoms with E-state index in [2.05, 4.69) is 15.9 Å². The number of rotatable bonds is 6. The van der Waals surface area contributed by atoms with E-state index in [1.54, 1.807) is 26.1 Å². The summed E-state index contributed by atoms with van der Waals surface area (Å²) in [6.45, 7) is 1.58. The number of halogens is 2. The van der Waals surface area contributed by atoms with Crippen LogP contribution in [0.2, 0.25) is 0 Å². The number of carbonyl (C=O) groups is 1. The molecular formula is C17H18BrFN2O4S. The summed E-state index contributed by atoms with van der Waals surface area (Å²) < 4.78 is 41.5. The van der Waals surface area contributed by atoms with Crippen molar-refractivity contribution in [2.75, 3.05) is 13.7 Å². The van der Waals surface area contributed by atoms with Gasteiger partial charge >= 0.3 is 0 Å². The van der Waals surface area contributed by atoms with Crippen LogP contribution in [0, 0.1) is 5.82 Å². The molecule has 1 unspecified atom stereocenters. The van der Waals surface area contributed by atoms with Gasteiger partial charge in [-0.15, -0.1) is 0 Å². The molecule has 0 aliphatic rings. The third-order valence-electron chi connectivity index (χ3n) is 3.91. The Bertz CT molecular complexity index is 903. The van der Waals surface area contributed by atoms with Crippen molar-refractivity contribution in [3.05, 3.63) is 58.3 Å². The van der Waals surface area contributed by atoms with Crippen molar-refractivity contribution in [3.63, 3.8) is 0 Å². The highest BCUT2D eigenvalue weighted by Gasteiger charge is 2.19. The molecule has 1 amide bonds. The fourth-order valence-electron chi connectivity index (χ4n) is 2.21. The SMILES string of the molecule is CC(c1ccc(S(N)(=O)=O)cc1)N(C)C(=O)COc1ccc(F)cc1Br. The lowest BCUT2D eigenvalue weighted by Gasteiger charge is -2.25. The minimum atomic E-state index is -3.76. The molecule has 2 aromatic carbocycles. The van der Waals surface area contributed by atoms with Crippen LogP contribution in [0.3, 0.4) is 0 Å². The Morgan fingerprint density at radius 2 is 1.88 bits per heavy atom. The summed E-state index contributed by atoms with van der Waals surface area (Å²) >= 11 is 3.17. The molecule has 2 aromatic rings. The maximum absolute atomic E-state index is 13.1. The normalized spacial score (nSPS) is 12.5. The van der Waals surface area contributed by atoms with E-state index < -0.39 is 15.8 Å². The highest BCUT2D eigenvalue weighted by atomic mass is 79.9. The second-order valence-electron chi connectivity index (χ2n) is 5.66. The van der Waals surface area contributed by atoms with E-state index in [9.17, 15) is 17.6 Å². The van der Waals surface area contributed by atoms with Crippen LogP contribution in [0.25, 0.3) is 0 Å². The van der Waals surface area contributed by atoms with Crippen molar-refractivity contribution in [1.29, 1.82) is 0 Å². The number of nitrogens with zero attached hydrogens (tertiary/aromatic N) is 1. The van der Waals surface area contributed by atoms with Crippen molar-refractivity contribution in [2.45, 2.75) is 17.9 Å². The number of hydrogen-bond donors (Lipinski definition) is 1. The first-order valence-electron chi connectivity index (χ1n) is 7.56. The average molecular weight is 445 g/mol. The van der Waals surface area contributed by atoms with E-state index in [0.29, 0.717) is 10.2 Å². The average Bonchev–Trinajstić information content (AvgIpc) is 2.58. The number of ether oxygens (including phenoxy) is 1. The number of hydrogen-bond acceptors (Lipinski definition) is 4. The Hall–Kier alpha value is -1.97. The predicted molar refractivity (Wildman–Crippen MR) is 98.6 cm³/mol. The molecule has 0 aliphatic carbocycles. The van der Waals surface area contributed by atoms with Gasteiger partial charge in [0.1, 0.15) is 11.6 Å². The quantitative estimate of drug-likeness (QED) is 0.741. The van der Waals surface area contributed by atoms with Crippen LogP contribution < -0.4 is 9.88 Å². The molecule has 1 atom stereocenters. The zero-order chi connectivity index (χ0) is 19.5. The zero-order valence-electron chi connectivity index (χ0n) is 14.1. The summed E-state index contributed by atoms with van der Waals surface area (Å²) in [5.41, 5.74) is 0.746. The van der Waals surface area contributed by atoms with Crippen molar-refractivity contribution in [3.8, 4) is 5.75 Å². The smallest absolute Gasteiger partial charge is 0.260 e. The number of likely N-dealkylation sites (N-methyl/N-ethyl adjacent to an activating group) is 1. The summed E-state index contributed by atoms with van der Waals surface area (Å²) in [5, 5.41) is 5.07. The summed E-state index contributed by atoms with van der Waals surface area (Å²) in [4.78, 5) is 13.8. The van der Waals surface area contributed by atoms with Crippen LogP contribution in [-0.2, 0) is 14.8 Å². The largest absolute Gasteiger partial charge is 0.483 e. The van der Waals surface area contributed by atoms with Gasteiger partial charge in [0.2, 0.25) is 10.0 Å². The molecule has 9 heteroatoms. The van der Waals surface area contributed by atoms with E-state index in [4.69, 9.17) is 9.88 Å². The van der Waals surface area contributed by atoms with Crippen LogP contribution in [0.4, 0.5) is 4.39 Å². The third kappa shape index (κ3) is 5.03. The highest BCUT2D eigenvalue weighted by Crippen LogP contribution is 2.26. The molecule has 0 fully saturated rings. The first-order valence-corrected chi connectivity index (χ1v) is 9.90. The number of sulfonamides is 1. The van der Waals surface area contributed by atoms with Gasteiger partial charge in [0.15, 0.2) is 6.61 Å². The molecule has 0 aromatic heterocycles. The number of benzene rings is 2. The molecule has 0 radical (unpaired) electrons. The molecule has 0 saturated heterocycles. The zero-order valence-corrected chi connectivity index (χ0v) is 16.6. The van der Waals surface area contributed by atoms with Gasteiger partial charge in [-0.3, -0.25) is 4.79 Å². The Kier molecular flexibility index (Phi) is 6.38. The lowest BCUT2D eigenvalue weighted by Crippen LogP contribution is -2.33. The fourth-order valence-corrected chi connectivity index (χ4v) is 3.19. The molecule has 2 rings (SSSR count). The van der Waals surface area contributed by atoms with E-state index in [1.807, 2.05) is 0 Å². The summed E-state index contributed by atoms with van der Waals surface area (Å²) in [6.07, 6.45) is 0. The first kappa shape index (κ1) is 20.3. The van der Waals surface area contributed by atoms with Crippen molar-refractivity contribution < 1.29 is 22.3 Å². The highest BCUT2D eigenvalue weighted by molar-refractivity contribution is 9.10. The lowest BCUT2D eigenvalue weighted by atomic mass is 10.1. The monoisotopic (exact) mass is 444 g/mol. The molecule has 26 heavy (non-hydrogen) atoms. The third-order valence-corrected chi connectivity index (χ3v) is 5.46. The maximum Gasteiger partial charge on any atom is 0.260 e. The van der Waals surface area contributed by atoms with E-state index >= 15 is 0 Å². The summed E-state index contributed by atoms with van der Waals surface area (Å²) in [7, 11) is -2.15. The minimum absolute atomic E-state index is 0.00641. The van der Waals surface area contributed by atoms with Gasteiger partial charge in [0, 0.05) is 7.05 Å². The molecule has 6 nitrogen and oxygen atoms in total. The lowest BCUT2D eigenvalue weighted by molar-refractivity contribution is -0.134. The van der Waals surface area contributed by atoms with Gasteiger partial charge in [-0.2, -0.15) is 0 Å². The second-order valence-corrected chi connectivity index (χ2v) is 8.07. The Morgan fingerprint density at radius 3 is 2.42 bits per heavy atom. The van der Waals surface area contributed by atoms with Crippen LogP contribution in [0.15, 0.2) is 51.8 Å². The first-order chi connectivity index (χ1) is 12.1. The molecular weight excluding hydrogens is 427 g/mol. The maximum atomic E-state index is 13.1. The number of carbonyl (C=O) groups excluding carboxylic acids is 1. The predicted octanol–water partition coefficient (Wildman–Crippen LogP) is 2.83. The fraction of sp³-hybridized carbons (Fsp3) is 0.235. The minimum Gasteiger partial charge on any atom is -0.483 e. The van der Waals surface area contributed by atoms with Crippen LogP contribution in [0.1, 0.15) is 18.5 Å². The van der Waals surface area contributed by atoms with Crippen molar-refractivity contribution in [1.82, 2.24) is 4.90 Å². The molecule has 0 bridgehead atoms. The van der Waals surface area contributed by atoms with E-state index in [-0.39, 0.29) is 23.5 Å². The second kappa shape index (κ2) is 8.15. The van der Waals surface area contributed by atoms with Gasteiger partial charge in [-0.05, 0) is 58.7 Å². The van der Waals surface area contributed by atoms with E-state index in [0.717, 1.165) is 5.56 Å². The Labute approximate surface area is 159 Å². The van der Waals surface area contributed by atoms with Gasteiger partial charge in [0.25, 0.3) is 5.91 Å². The topological polar surface area (TPSA) is 89.7 Å². The van der Waals surface area contributed by atoms with Crippen LogP contribution in [-0.4, -0.2) is 32.9 Å². The van der Waals surface area contributed by atoms with Crippen LogP contribution in [0.5, 0.6) is 5.75 Å². The number of primary sulfonamides is 1. The van der Waals surface area contributed by atoms with Gasteiger partial charge in [0.05, 0.1) is 15.4 Å². The standard InChI is InChI=1S/C17H18BrFN2O4S/c1-11(12-3-6-14(7-4-12)26(20,23)24)21(2)17(22)10-25-16-8-5-13(19)9-15(16)18/h3-9,11H,10H2,1-2H3,(H2,20,23,24). The van der Waals surface area contributed by atoms with Crippen molar-refractivity contribution in [2.24, 2.45) is 5.14 Å². The van der Waals surface area contributed by atoms with Crippen LogP contribution >= 0.6 is 15.9 Å². The Balaban J connectivity index is 2.02. The molecule has 0 heterocycles. The van der Waals surface area contributed by atoms with Gasteiger partial charge in [-0.25, -0.2) is 17.9 Å². The molecule has 0 aliphatic heterocycles. The van der Waals surface area contributed by atoms with E-state index in [1.165, 1.54) is 35.2 Å². The number of nitrogens with two attached hydrogens (primary N) is 1. The molecule has 2 N–H and O–H groups in total. The molecule has 0 spiro atoms. The molecule has 0 saturated carbocycles. The number of amides is 1. The van der Waals surface area contributed by atoms with Gasteiger partial charge in [-0.1, -0.05) is 12.1 Å². The summed E-state index contributed by atoms with van der Waals surface area (Å²) in [5.74, 6) is -0.341. The van der Waals surface area contributed by atoms with Crippen molar-refractivity contribution >= 4 is 31.9 Å². The molecule has 140 valence electrons. The summed E-state index contributed by atoms with van der Waals surface area (Å²) in [6, 6.07) is 9.61. The Morgan fingerprint density at radius 1 is 1.27 bits per heavy atom.